The number of benzene rings is 1. The zero-order valence-corrected chi connectivity index (χ0v) is 18.7. The predicted octanol–water partition coefficient (Wildman–Crippen LogP) is 1.48. The van der Waals surface area contributed by atoms with Crippen molar-refractivity contribution in [3.8, 4) is 0 Å². The number of halogens is 2. The maximum atomic E-state index is 14.0. The summed E-state index contributed by atoms with van der Waals surface area (Å²) < 4.78 is 59.7. The zero-order valence-electron chi connectivity index (χ0n) is 17.9. The Kier molecular flexibility index (Phi) is 7.82. The van der Waals surface area contributed by atoms with Gasteiger partial charge in [-0.15, -0.1) is 0 Å². The van der Waals surface area contributed by atoms with E-state index in [-0.39, 0.29) is 31.9 Å². The highest BCUT2D eigenvalue weighted by Gasteiger charge is 2.31. The first kappa shape index (κ1) is 24.8. The molecule has 0 radical (unpaired) electrons. The SMILES string of the molecule is CC(C)(C)OC(=O)NC(COS(C)(=O)=O)C(=O)N1CCN(c2ccc(F)cc2F)CC1. The summed E-state index contributed by atoms with van der Waals surface area (Å²) in [6.45, 7) is 5.23. The van der Waals surface area contributed by atoms with Gasteiger partial charge >= 0.3 is 6.09 Å². The highest BCUT2D eigenvalue weighted by Crippen LogP contribution is 2.22. The van der Waals surface area contributed by atoms with E-state index in [0.717, 1.165) is 18.4 Å². The van der Waals surface area contributed by atoms with Gasteiger partial charge in [-0.05, 0) is 32.9 Å². The number of hydrogen-bond donors (Lipinski definition) is 1. The Bertz CT molecular complexity index is 912. The van der Waals surface area contributed by atoms with Crippen LogP contribution in [-0.4, -0.2) is 76.0 Å². The van der Waals surface area contributed by atoms with Gasteiger partial charge in [0, 0.05) is 32.2 Å². The average Bonchev–Trinajstić information content (AvgIpc) is 2.62. The molecule has 0 spiro atoms. The van der Waals surface area contributed by atoms with Gasteiger partial charge in [0.2, 0.25) is 5.91 Å². The number of alkyl carbamates (subject to hydrolysis) is 1. The molecule has 1 saturated heterocycles. The highest BCUT2D eigenvalue weighted by atomic mass is 32.2. The summed E-state index contributed by atoms with van der Waals surface area (Å²) in [5.41, 5.74) is -0.599. The Morgan fingerprint density at radius 2 is 1.77 bits per heavy atom. The van der Waals surface area contributed by atoms with E-state index in [9.17, 15) is 26.8 Å². The Balaban J connectivity index is 2.05. The van der Waals surface area contributed by atoms with Crippen molar-refractivity contribution in [2.45, 2.75) is 32.4 Å². The Morgan fingerprint density at radius 1 is 1.16 bits per heavy atom. The van der Waals surface area contributed by atoms with E-state index in [1.165, 1.54) is 11.0 Å². The highest BCUT2D eigenvalue weighted by molar-refractivity contribution is 7.85. The summed E-state index contributed by atoms with van der Waals surface area (Å²) in [6, 6.07) is 1.98. The molecule has 0 aromatic heterocycles. The molecule has 9 nitrogen and oxygen atoms in total. The van der Waals surface area contributed by atoms with Crippen molar-refractivity contribution in [3.05, 3.63) is 29.8 Å². The third-order valence-electron chi connectivity index (χ3n) is 4.28. The Morgan fingerprint density at radius 3 is 2.29 bits per heavy atom. The largest absolute Gasteiger partial charge is 0.444 e. The van der Waals surface area contributed by atoms with Crippen molar-refractivity contribution in [1.29, 1.82) is 0 Å². The van der Waals surface area contributed by atoms with Crippen LogP contribution >= 0.6 is 0 Å². The smallest absolute Gasteiger partial charge is 0.408 e. The summed E-state index contributed by atoms with van der Waals surface area (Å²) in [4.78, 5) is 28.1. The molecule has 1 aromatic carbocycles. The average molecular weight is 464 g/mol. The minimum absolute atomic E-state index is 0.182. The lowest BCUT2D eigenvalue weighted by Crippen LogP contribution is -2.57. The van der Waals surface area contributed by atoms with E-state index in [1.807, 2.05) is 0 Å². The number of nitrogens with one attached hydrogen (secondary N) is 1. The molecule has 1 unspecified atom stereocenters. The molecule has 1 fully saturated rings. The van der Waals surface area contributed by atoms with Crippen LogP contribution in [0.2, 0.25) is 0 Å². The second-order valence-corrected chi connectivity index (χ2v) is 9.74. The maximum absolute atomic E-state index is 14.0. The number of hydrogen-bond acceptors (Lipinski definition) is 7. The molecule has 0 aliphatic carbocycles. The molecular weight excluding hydrogens is 436 g/mol. The van der Waals surface area contributed by atoms with E-state index in [0.29, 0.717) is 0 Å². The minimum atomic E-state index is -3.85. The van der Waals surface area contributed by atoms with Crippen molar-refractivity contribution >= 4 is 27.8 Å². The van der Waals surface area contributed by atoms with Crippen molar-refractivity contribution in [2.75, 3.05) is 43.9 Å². The lowest BCUT2D eigenvalue weighted by molar-refractivity contribution is -0.134. The lowest BCUT2D eigenvalue weighted by Gasteiger charge is -2.37. The summed E-state index contributed by atoms with van der Waals surface area (Å²) in [6.07, 6.45) is -0.0622. The fraction of sp³-hybridized carbons (Fsp3) is 0.579. The molecule has 12 heteroatoms. The van der Waals surface area contributed by atoms with E-state index >= 15 is 0 Å². The molecule has 2 rings (SSSR count). The van der Waals surface area contributed by atoms with Crippen molar-refractivity contribution in [1.82, 2.24) is 10.2 Å². The third-order valence-corrected chi connectivity index (χ3v) is 4.84. The molecule has 0 bridgehead atoms. The van der Waals surface area contributed by atoms with Crippen LogP contribution in [0.25, 0.3) is 0 Å². The summed E-state index contributed by atoms with van der Waals surface area (Å²) in [7, 11) is -3.85. The minimum Gasteiger partial charge on any atom is -0.444 e. The number of nitrogens with zero attached hydrogens (tertiary/aromatic N) is 2. The topological polar surface area (TPSA) is 105 Å². The third kappa shape index (κ3) is 7.94. The molecule has 1 atom stereocenters. The molecule has 0 saturated carbocycles. The van der Waals surface area contributed by atoms with Gasteiger partial charge < -0.3 is 19.9 Å². The molecule has 2 amide bonds. The van der Waals surface area contributed by atoms with Gasteiger partial charge in [0.05, 0.1) is 18.6 Å². The molecule has 174 valence electrons. The normalized spacial score (nSPS) is 16.1. The summed E-state index contributed by atoms with van der Waals surface area (Å²) in [5.74, 6) is -1.95. The van der Waals surface area contributed by atoms with Crippen molar-refractivity contribution < 1.29 is 35.7 Å². The van der Waals surface area contributed by atoms with Crippen LogP contribution in [0, 0.1) is 11.6 Å². The molecule has 31 heavy (non-hydrogen) atoms. The second kappa shape index (κ2) is 9.77. The molecule has 1 heterocycles. The molecule has 1 aliphatic rings. The molecule has 1 aromatic rings. The van der Waals surface area contributed by atoms with Crippen molar-refractivity contribution in [3.63, 3.8) is 0 Å². The number of carbonyl (C=O) groups is 2. The first-order chi connectivity index (χ1) is 14.2. The van der Waals surface area contributed by atoms with Gasteiger partial charge in [-0.25, -0.2) is 13.6 Å². The van der Waals surface area contributed by atoms with Gasteiger partial charge in [0.15, 0.2) is 0 Å². The fourth-order valence-corrected chi connectivity index (χ4v) is 3.33. The van der Waals surface area contributed by atoms with Crippen molar-refractivity contribution in [2.24, 2.45) is 0 Å². The van der Waals surface area contributed by atoms with Crippen LogP contribution in [0.15, 0.2) is 18.2 Å². The monoisotopic (exact) mass is 463 g/mol. The first-order valence-corrected chi connectivity index (χ1v) is 11.4. The van der Waals surface area contributed by atoms with Gasteiger partial charge in [-0.1, -0.05) is 0 Å². The van der Waals surface area contributed by atoms with Crippen LogP contribution in [0.4, 0.5) is 19.3 Å². The standard InChI is InChI=1S/C19H27F2N3O6S/c1-19(2,3)30-18(26)22-15(12-29-31(4,27)28)17(25)24-9-7-23(8-10-24)16-6-5-13(20)11-14(16)21/h5-6,11,15H,7-10,12H2,1-4H3,(H,22,26). The molecular formula is C19H27F2N3O6S. The second-order valence-electron chi connectivity index (χ2n) is 8.10. The number of carbonyl (C=O) groups excluding carboxylic acids is 2. The zero-order chi connectivity index (χ0) is 23.4. The van der Waals surface area contributed by atoms with E-state index in [1.54, 1.807) is 25.7 Å². The lowest BCUT2D eigenvalue weighted by atomic mass is 10.2. The van der Waals surface area contributed by atoms with E-state index < -0.39 is 52.0 Å². The van der Waals surface area contributed by atoms with Crippen LogP contribution in [0.5, 0.6) is 0 Å². The van der Waals surface area contributed by atoms with Gasteiger partial charge in [0.1, 0.15) is 23.3 Å². The summed E-state index contributed by atoms with van der Waals surface area (Å²) >= 11 is 0. The molecule has 1 N–H and O–H groups in total. The first-order valence-electron chi connectivity index (χ1n) is 9.58. The fourth-order valence-electron chi connectivity index (χ4n) is 2.94. The van der Waals surface area contributed by atoms with Gasteiger partial charge in [-0.2, -0.15) is 8.42 Å². The summed E-state index contributed by atoms with van der Waals surface area (Å²) in [5, 5.41) is 2.34. The van der Waals surface area contributed by atoms with Gasteiger partial charge in [0.25, 0.3) is 10.1 Å². The number of piperazine rings is 1. The van der Waals surface area contributed by atoms with Crippen LogP contribution in [-0.2, 0) is 23.8 Å². The molecule has 1 aliphatic heterocycles. The van der Waals surface area contributed by atoms with Crippen LogP contribution in [0.3, 0.4) is 0 Å². The predicted molar refractivity (Wildman–Crippen MR) is 109 cm³/mol. The van der Waals surface area contributed by atoms with Gasteiger partial charge in [-0.3, -0.25) is 8.98 Å². The van der Waals surface area contributed by atoms with E-state index in [4.69, 9.17) is 8.92 Å². The Labute approximate surface area is 180 Å². The van der Waals surface area contributed by atoms with Crippen LogP contribution in [0.1, 0.15) is 20.8 Å². The number of anilines is 1. The maximum Gasteiger partial charge on any atom is 0.408 e. The number of ether oxygens (including phenoxy) is 1. The number of amides is 2. The number of rotatable bonds is 6. The van der Waals surface area contributed by atoms with E-state index in [2.05, 4.69) is 5.32 Å². The quantitative estimate of drug-likeness (QED) is 0.637. The Hall–Kier alpha value is -2.47. The van der Waals surface area contributed by atoms with Crippen LogP contribution < -0.4 is 10.2 Å².